The molecule has 0 saturated heterocycles. The zero-order chi connectivity index (χ0) is 12.0. The maximum absolute atomic E-state index is 11.8. The van der Waals surface area contributed by atoms with E-state index in [1.165, 1.54) is 5.56 Å². The normalized spacial score (nSPS) is 14.7. The highest BCUT2D eigenvalue weighted by Gasteiger charge is 2.05. The molecule has 0 bridgehead atoms. The predicted molar refractivity (Wildman–Crippen MR) is 64.9 cm³/mol. The van der Waals surface area contributed by atoms with Gasteiger partial charge in [-0.2, -0.15) is 0 Å². The van der Waals surface area contributed by atoms with Gasteiger partial charge in [0.1, 0.15) is 0 Å². The first kappa shape index (κ1) is 13.4. The van der Waals surface area contributed by atoms with Crippen molar-refractivity contribution in [1.82, 2.24) is 0 Å². The molecule has 0 radical (unpaired) electrons. The van der Waals surface area contributed by atoms with Gasteiger partial charge in [0.25, 0.3) is 0 Å². The summed E-state index contributed by atoms with van der Waals surface area (Å²) in [4.78, 5) is 0.847. The van der Waals surface area contributed by atoms with E-state index in [2.05, 4.69) is 0 Å². The highest BCUT2D eigenvalue weighted by molar-refractivity contribution is 7.85. The first-order chi connectivity index (χ1) is 7.63. The van der Waals surface area contributed by atoms with Crippen molar-refractivity contribution >= 4 is 10.8 Å². The van der Waals surface area contributed by atoms with E-state index in [0.29, 0.717) is 12.4 Å². The molecule has 0 aliphatic rings. The molecule has 1 aromatic rings. The molecule has 2 unspecified atom stereocenters. The third kappa shape index (κ3) is 4.43. The van der Waals surface area contributed by atoms with Gasteiger partial charge in [-0.15, -0.1) is 0 Å². The lowest BCUT2D eigenvalue weighted by molar-refractivity contribution is -0.105. The van der Waals surface area contributed by atoms with Crippen LogP contribution in [0.25, 0.3) is 0 Å². The highest BCUT2D eigenvalue weighted by Crippen LogP contribution is 2.08. The summed E-state index contributed by atoms with van der Waals surface area (Å²) in [5, 5.41) is 0. The quantitative estimate of drug-likeness (QED) is 0.717. The number of methoxy groups -OCH3 is 1. The van der Waals surface area contributed by atoms with Gasteiger partial charge in [0.05, 0.1) is 23.2 Å². The summed E-state index contributed by atoms with van der Waals surface area (Å²) in [5.41, 5.74) is 1.17. The van der Waals surface area contributed by atoms with Crippen molar-refractivity contribution in [2.45, 2.75) is 25.0 Å². The molecule has 4 heteroatoms. The molecule has 16 heavy (non-hydrogen) atoms. The maximum Gasteiger partial charge on any atom is 0.154 e. The topological polar surface area (TPSA) is 35.5 Å². The standard InChI is InChI=1S/C12H18O3S/c1-10-4-6-12(7-5-10)16(13)9-8-15-11(2)14-3/h4-7,11H,8-9H2,1-3H3. The van der Waals surface area contributed by atoms with Crippen LogP contribution in [0.15, 0.2) is 29.2 Å². The van der Waals surface area contributed by atoms with Gasteiger partial charge < -0.3 is 9.47 Å². The summed E-state index contributed by atoms with van der Waals surface area (Å²) in [5.74, 6) is 0.497. The summed E-state index contributed by atoms with van der Waals surface area (Å²) in [6.07, 6.45) is -0.241. The van der Waals surface area contributed by atoms with E-state index < -0.39 is 10.8 Å². The Balaban J connectivity index is 2.38. The Kier molecular flexibility index (Phi) is 5.66. The maximum atomic E-state index is 11.8. The Morgan fingerprint density at radius 1 is 1.31 bits per heavy atom. The van der Waals surface area contributed by atoms with Gasteiger partial charge >= 0.3 is 0 Å². The van der Waals surface area contributed by atoms with E-state index in [-0.39, 0.29) is 6.29 Å². The molecule has 0 aliphatic heterocycles. The first-order valence-corrected chi connectivity index (χ1v) is 6.55. The SMILES string of the molecule is COC(C)OCCS(=O)c1ccc(C)cc1. The van der Waals surface area contributed by atoms with Crippen LogP contribution < -0.4 is 0 Å². The molecule has 0 aliphatic carbocycles. The molecule has 1 rings (SSSR count). The van der Waals surface area contributed by atoms with Crippen LogP contribution >= 0.6 is 0 Å². The lowest BCUT2D eigenvalue weighted by Crippen LogP contribution is -2.15. The smallest absolute Gasteiger partial charge is 0.154 e. The second-order valence-corrected chi connectivity index (χ2v) is 5.11. The third-order valence-corrected chi connectivity index (χ3v) is 3.57. The van der Waals surface area contributed by atoms with Gasteiger partial charge in [-0.05, 0) is 26.0 Å². The van der Waals surface area contributed by atoms with E-state index in [1.54, 1.807) is 7.11 Å². The molecular formula is C12H18O3S. The minimum absolute atomic E-state index is 0.241. The summed E-state index contributed by atoms with van der Waals surface area (Å²) in [6, 6.07) is 7.72. The lowest BCUT2D eigenvalue weighted by Gasteiger charge is -2.10. The Bertz CT molecular complexity index is 335. The average molecular weight is 242 g/mol. The lowest BCUT2D eigenvalue weighted by atomic mass is 10.2. The van der Waals surface area contributed by atoms with Gasteiger partial charge in [0, 0.05) is 12.0 Å². The molecule has 3 nitrogen and oxygen atoms in total. The zero-order valence-corrected chi connectivity index (χ0v) is 10.8. The average Bonchev–Trinajstić information content (AvgIpc) is 2.29. The van der Waals surface area contributed by atoms with Crippen LogP contribution in [0.1, 0.15) is 12.5 Å². The monoisotopic (exact) mass is 242 g/mol. The molecule has 0 spiro atoms. The van der Waals surface area contributed by atoms with E-state index in [0.717, 1.165) is 4.90 Å². The molecule has 0 saturated carbocycles. The second-order valence-electron chi connectivity index (χ2n) is 3.54. The minimum Gasteiger partial charge on any atom is -0.356 e. The van der Waals surface area contributed by atoms with Crippen molar-refractivity contribution in [1.29, 1.82) is 0 Å². The van der Waals surface area contributed by atoms with Crippen LogP contribution in [-0.2, 0) is 20.3 Å². The highest BCUT2D eigenvalue weighted by atomic mass is 32.2. The van der Waals surface area contributed by atoms with Crippen molar-refractivity contribution in [2.24, 2.45) is 0 Å². The molecule has 2 atom stereocenters. The number of ether oxygens (including phenoxy) is 2. The summed E-state index contributed by atoms with van der Waals surface area (Å²) >= 11 is 0. The number of rotatable bonds is 6. The minimum atomic E-state index is -0.991. The predicted octanol–water partition coefficient (Wildman–Crippen LogP) is 2.11. The van der Waals surface area contributed by atoms with Gasteiger partial charge in [-0.3, -0.25) is 4.21 Å². The largest absolute Gasteiger partial charge is 0.356 e. The van der Waals surface area contributed by atoms with Crippen molar-refractivity contribution in [3.05, 3.63) is 29.8 Å². The number of aryl methyl sites for hydroxylation is 1. The van der Waals surface area contributed by atoms with Crippen LogP contribution in [0.2, 0.25) is 0 Å². The summed E-state index contributed by atoms with van der Waals surface area (Å²) in [6.45, 7) is 4.26. The van der Waals surface area contributed by atoms with Crippen LogP contribution in [-0.4, -0.2) is 30.0 Å². The Morgan fingerprint density at radius 3 is 2.50 bits per heavy atom. The molecule has 0 aromatic heterocycles. The zero-order valence-electron chi connectivity index (χ0n) is 9.93. The van der Waals surface area contributed by atoms with Crippen LogP contribution in [0.5, 0.6) is 0 Å². The van der Waals surface area contributed by atoms with Crippen molar-refractivity contribution in [2.75, 3.05) is 19.5 Å². The number of hydrogen-bond acceptors (Lipinski definition) is 3. The van der Waals surface area contributed by atoms with Gasteiger partial charge in [-0.1, -0.05) is 17.7 Å². The molecule has 1 aromatic carbocycles. The summed E-state index contributed by atoms with van der Waals surface area (Å²) in [7, 11) is 0.594. The number of hydrogen-bond donors (Lipinski definition) is 0. The van der Waals surface area contributed by atoms with Gasteiger partial charge in [0.15, 0.2) is 6.29 Å². The molecule has 0 heterocycles. The van der Waals surface area contributed by atoms with Crippen molar-refractivity contribution in [3.8, 4) is 0 Å². The van der Waals surface area contributed by atoms with Crippen LogP contribution in [0.4, 0.5) is 0 Å². The Hall–Kier alpha value is -0.710. The van der Waals surface area contributed by atoms with E-state index >= 15 is 0 Å². The molecule has 0 amide bonds. The van der Waals surface area contributed by atoms with E-state index in [9.17, 15) is 4.21 Å². The molecule has 0 N–H and O–H groups in total. The van der Waals surface area contributed by atoms with Gasteiger partial charge in [-0.25, -0.2) is 0 Å². The van der Waals surface area contributed by atoms with E-state index in [1.807, 2.05) is 38.1 Å². The van der Waals surface area contributed by atoms with Crippen molar-refractivity contribution in [3.63, 3.8) is 0 Å². The molecule has 0 fully saturated rings. The fourth-order valence-corrected chi connectivity index (χ4v) is 2.09. The fraction of sp³-hybridized carbons (Fsp3) is 0.500. The molecular weight excluding hydrogens is 224 g/mol. The molecule has 90 valence electrons. The number of benzene rings is 1. The second kappa shape index (κ2) is 6.78. The fourth-order valence-electron chi connectivity index (χ4n) is 1.17. The Labute approximate surface area is 99.2 Å². The van der Waals surface area contributed by atoms with Crippen molar-refractivity contribution < 1.29 is 13.7 Å². The first-order valence-electron chi connectivity index (χ1n) is 5.23. The van der Waals surface area contributed by atoms with E-state index in [4.69, 9.17) is 9.47 Å². The summed E-state index contributed by atoms with van der Waals surface area (Å²) < 4.78 is 22.0. The third-order valence-electron chi connectivity index (χ3n) is 2.24. The van der Waals surface area contributed by atoms with Gasteiger partial charge in [0.2, 0.25) is 0 Å². The van der Waals surface area contributed by atoms with Crippen LogP contribution in [0.3, 0.4) is 0 Å². The Morgan fingerprint density at radius 2 is 1.94 bits per heavy atom. The van der Waals surface area contributed by atoms with Crippen LogP contribution in [0, 0.1) is 6.92 Å².